The van der Waals surface area contributed by atoms with Gasteiger partial charge in [-0.25, -0.2) is 9.67 Å². The van der Waals surface area contributed by atoms with Crippen LogP contribution in [0.4, 0.5) is 0 Å². The van der Waals surface area contributed by atoms with E-state index in [-0.39, 0.29) is 0 Å². The zero-order valence-corrected chi connectivity index (χ0v) is 7.96. The molecule has 5 nitrogen and oxygen atoms in total. The van der Waals surface area contributed by atoms with Crippen molar-refractivity contribution in [2.24, 2.45) is 5.73 Å². The molecule has 5 heteroatoms. The predicted molar refractivity (Wildman–Crippen MR) is 54.0 cm³/mol. The minimum atomic E-state index is 0.372. The zero-order valence-electron chi connectivity index (χ0n) is 7.96. The van der Waals surface area contributed by atoms with Crippen molar-refractivity contribution in [3.05, 3.63) is 42.0 Å². The fourth-order valence-corrected chi connectivity index (χ4v) is 1.23. The molecular weight excluding hydrogens is 190 g/mol. The maximum atomic E-state index is 8.70. The average Bonchev–Trinajstić information content (AvgIpc) is 2.78. The van der Waals surface area contributed by atoms with Gasteiger partial charge in [0.05, 0.1) is 11.9 Å². The molecule has 0 aliphatic carbocycles. The van der Waals surface area contributed by atoms with E-state index in [1.165, 1.54) is 0 Å². The monoisotopic (exact) mass is 199 g/mol. The molecule has 0 spiro atoms. The van der Waals surface area contributed by atoms with E-state index in [2.05, 4.69) is 10.1 Å². The fourth-order valence-electron chi connectivity index (χ4n) is 1.23. The van der Waals surface area contributed by atoms with E-state index in [4.69, 9.17) is 11.0 Å². The summed E-state index contributed by atoms with van der Waals surface area (Å²) in [4.78, 5) is 3.88. The van der Waals surface area contributed by atoms with E-state index in [1.54, 1.807) is 29.2 Å². The highest BCUT2D eigenvalue weighted by Crippen LogP contribution is 2.08. The van der Waals surface area contributed by atoms with Crippen molar-refractivity contribution in [1.29, 1.82) is 5.26 Å². The number of hydrogen-bond acceptors (Lipinski definition) is 4. The largest absolute Gasteiger partial charge is 0.326 e. The number of nitrogens with zero attached hydrogens (tertiary/aromatic N) is 4. The Balaban J connectivity index is 2.41. The van der Waals surface area contributed by atoms with Gasteiger partial charge in [-0.2, -0.15) is 10.4 Å². The maximum Gasteiger partial charge on any atom is 0.142 e. The van der Waals surface area contributed by atoms with Gasteiger partial charge in [0.15, 0.2) is 0 Å². The molecule has 0 radical (unpaired) electrons. The van der Waals surface area contributed by atoms with E-state index in [0.717, 1.165) is 11.3 Å². The molecule has 15 heavy (non-hydrogen) atoms. The number of aromatic nitrogens is 3. The SMILES string of the molecule is N#Cc1cc(-n2cc(CN)cn2)ccn1. The summed E-state index contributed by atoms with van der Waals surface area (Å²) in [6.45, 7) is 0.455. The topological polar surface area (TPSA) is 80.5 Å². The van der Waals surface area contributed by atoms with Crippen molar-refractivity contribution < 1.29 is 0 Å². The first-order valence-electron chi connectivity index (χ1n) is 4.43. The lowest BCUT2D eigenvalue weighted by molar-refractivity contribution is 0.875. The molecule has 0 bridgehead atoms. The second-order valence-corrected chi connectivity index (χ2v) is 3.01. The summed E-state index contributed by atoms with van der Waals surface area (Å²) in [5.74, 6) is 0. The summed E-state index contributed by atoms with van der Waals surface area (Å²) in [5.41, 5.74) is 7.61. The molecule has 0 saturated carbocycles. The molecule has 0 saturated heterocycles. The molecule has 2 rings (SSSR count). The third kappa shape index (κ3) is 1.85. The molecule has 2 aromatic heterocycles. The van der Waals surface area contributed by atoms with Crippen molar-refractivity contribution in [2.45, 2.75) is 6.54 Å². The molecule has 0 amide bonds. The quantitative estimate of drug-likeness (QED) is 0.767. The molecule has 74 valence electrons. The van der Waals surface area contributed by atoms with E-state index < -0.39 is 0 Å². The molecule has 0 aliphatic heterocycles. The van der Waals surface area contributed by atoms with Crippen LogP contribution < -0.4 is 5.73 Å². The molecule has 0 aliphatic rings. The van der Waals surface area contributed by atoms with Crippen LogP contribution >= 0.6 is 0 Å². The first-order valence-corrected chi connectivity index (χ1v) is 4.43. The Hall–Kier alpha value is -2.19. The van der Waals surface area contributed by atoms with Gasteiger partial charge in [-0.1, -0.05) is 0 Å². The maximum absolute atomic E-state index is 8.70. The summed E-state index contributed by atoms with van der Waals surface area (Å²) < 4.78 is 1.67. The Kier molecular flexibility index (Phi) is 2.44. The Labute approximate surface area is 86.8 Å². The summed E-state index contributed by atoms with van der Waals surface area (Å²) in [6.07, 6.45) is 5.11. The van der Waals surface area contributed by atoms with Gasteiger partial charge in [-0.05, 0) is 6.07 Å². The van der Waals surface area contributed by atoms with Crippen molar-refractivity contribution in [3.63, 3.8) is 0 Å². The zero-order chi connectivity index (χ0) is 10.7. The molecular formula is C10H9N5. The van der Waals surface area contributed by atoms with E-state index in [0.29, 0.717) is 12.2 Å². The molecule has 2 N–H and O–H groups in total. The molecule has 0 fully saturated rings. The van der Waals surface area contributed by atoms with Crippen LogP contribution in [-0.4, -0.2) is 14.8 Å². The lowest BCUT2D eigenvalue weighted by atomic mass is 10.3. The minimum absolute atomic E-state index is 0.372. The Morgan fingerprint density at radius 1 is 1.53 bits per heavy atom. The third-order valence-corrected chi connectivity index (χ3v) is 1.99. The van der Waals surface area contributed by atoms with Crippen LogP contribution in [0.5, 0.6) is 0 Å². The number of hydrogen-bond donors (Lipinski definition) is 1. The third-order valence-electron chi connectivity index (χ3n) is 1.99. The Morgan fingerprint density at radius 2 is 2.40 bits per heavy atom. The summed E-state index contributed by atoms with van der Waals surface area (Å²) >= 11 is 0. The van der Waals surface area contributed by atoms with E-state index in [9.17, 15) is 0 Å². The highest BCUT2D eigenvalue weighted by molar-refractivity contribution is 5.36. The van der Waals surface area contributed by atoms with Gasteiger partial charge in [0, 0.05) is 30.6 Å². The van der Waals surface area contributed by atoms with Gasteiger partial charge >= 0.3 is 0 Å². The fraction of sp³-hybridized carbons (Fsp3) is 0.100. The van der Waals surface area contributed by atoms with Gasteiger partial charge in [-0.3, -0.25) is 0 Å². The highest BCUT2D eigenvalue weighted by atomic mass is 15.3. The summed E-state index contributed by atoms with van der Waals surface area (Å²) in [7, 11) is 0. The standard InChI is InChI=1S/C10H9N5/c11-4-8-6-14-15(7-8)10-1-2-13-9(3-10)5-12/h1-3,6-7H,4,11H2. The normalized spacial score (nSPS) is 9.87. The lowest BCUT2D eigenvalue weighted by Crippen LogP contribution is -1.96. The van der Waals surface area contributed by atoms with Crippen LogP contribution in [-0.2, 0) is 6.54 Å². The van der Waals surface area contributed by atoms with Gasteiger partial charge in [0.25, 0.3) is 0 Å². The molecule has 0 atom stereocenters. The molecule has 0 aromatic carbocycles. The van der Waals surface area contributed by atoms with E-state index in [1.807, 2.05) is 12.3 Å². The molecule has 2 aromatic rings. The second-order valence-electron chi connectivity index (χ2n) is 3.01. The second kappa shape index (κ2) is 3.90. The summed E-state index contributed by atoms with van der Waals surface area (Å²) in [5, 5.41) is 12.8. The molecule has 2 heterocycles. The van der Waals surface area contributed by atoms with Gasteiger partial charge in [0.2, 0.25) is 0 Å². The minimum Gasteiger partial charge on any atom is -0.326 e. The Bertz CT molecular complexity index is 509. The first-order chi connectivity index (χ1) is 7.33. The van der Waals surface area contributed by atoms with Crippen LogP contribution in [0.3, 0.4) is 0 Å². The predicted octanol–water partition coefficient (Wildman–Crippen LogP) is 0.598. The average molecular weight is 199 g/mol. The highest BCUT2D eigenvalue weighted by Gasteiger charge is 2.01. The smallest absolute Gasteiger partial charge is 0.142 e. The van der Waals surface area contributed by atoms with Crippen molar-refractivity contribution in [2.75, 3.05) is 0 Å². The Morgan fingerprint density at radius 3 is 3.07 bits per heavy atom. The van der Waals surface area contributed by atoms with Gasteiger partial charge in [0.1, 0.15) is 11.8 Å². The summed E-state index contributed by atoms with van der Waals surface area (Å²) in [6, 6.07) is 5.44. The van der Waals surface area contributed by atoms with Gasteiger partial charge < -0.3 is 5.73 Å². The van der Waals surface area contributed by atoms with Crippen LogP contribution in [0.1, 0.15) is 11.3 Å². The number of pyridine rings is 1. The number of rotatable bonds is 2. The van der Waals surface area contributed by atoms with Crippen molar-refractivity contribution in [3.8, 4) is 11.8 Å². The van der Waals surface area contributed by atoms with Crippen LogP contribution in [0.2, 0.25) is 0 Å². The van der Waals surface area contributed by atoms with Crippen LogP contribution in [0, 0.1) is 11.3 Å². The first kappa shape index (κ1) is 9.37. The van der Waals surface area contributed by atoms with Crippen LogP contribution in [0.15, 0.2) is 30.7 Å². The van der Waals surface area contributed by atoms with Crippen molar-refractivity contribution >= 4 is 0 Å². The van der Waals surface area contributed by atoms with Gasteiger partial charge in [-0.15, -0.1) is 0 Å². The number of nitriles is 1. The number of nitrogens with two attached hydrogens (primary N) is 1. The van der Waals surface area contributed by atoms with Crippen molar-refractivity contribution in [1.82, 2.24) is 14.8 Å². The molecule has 0 unspecified atom stereocenters. The van der Waals surface area contributed by atoms with Crippen LogP contribution in [0.25, 0.3) is 5.69 Å². The van der Waals surface area contributed by atoms with E-state index >= 15 is 0 Å². The lowest BCUT2D eigenvalue weighted by Gasteiger charge is -1.99.